The molecule has 0 aliphatic carbocycles. The molecule has 0 fully saturated rings. The summed E-state index contributed by atoms with van der Waals surface area (Å²) in [6.45, 7) is 2.95. The Morgan fingerprint density at radius 3 is 2.27 bits per heavy atom. The molecule has 0 amide bonds. The van der Waals surface area contributed by atoms with Crippen LogP contribution in [0.2, 0.25) is 0 Å². The van der Waals surface area contributed by atoms with Crippen LogP contribution < -0.4 is 9.47 Å². The van der Waals surface area contributed by atoms with Gasteiger partial charge in [-0.15, -0.1) is 0 Å². The van der Waals surface area contributed by atoms with Gasteiger partial charge in [-0.2, -0.15) is 0 Å². The Morgan fingerprint density at radius 1 is 0.767 bits per heavy atom. The molecule has 1 aromatic heterocycles. The molecule has 0 aliphatic rings. The first kappa shape index (κ1) is 19.8. The highest BCUT2D eigenvalue weighted by Gasteiger charge is 2.14. The van der Waals surface area contributed by atoms with E-state index in [4.69, 9.17) is 14.5 Å². The second-order valence-corrected chi connectivity index (χ2v) is 7.16. The van der Waals surface area contributed by atoms with Crippen LogP contribution in [0, 0.1) is 0 Å². The van der Waals surface area contributed by atoms with Crippen LogP contribution in [-0.2, 0) is 13.0 Å². The summed E-state index contributed by atoms with van der Waals surface area (Å²) in [6, 6.07) is 25.1. The lowest BCUT2D eigenvalue weighted by atomic mass is 10.0. The van der Waals surface area contributed by atoms with Gasteiger partial charge < -0.3 is 14.0 Å². The number of rotatable bonds is 7. The van der Waals surface area contributed by atoms with Crippen molar-refractivity contribution in [2.75, 3.05) is 14.2 Å². The predicted molar refractivity (Wildman–Crippen MR) is 121 cm³/mol. The highest BCUT2D eigenvalue weighted by molar-refractivity contribution is 5.67. The first-order chi connectivity index (χ1) is 14.7. The normalized spacial score (nSPS) is 10.8. The van der Waals surface area contributed by atoms with E-state index in [0.29, 0.717) is 5.75 Å². The maximum absolute atomic E-state index is 5.47. The van der Waals surface area contributed by atoms with Crippen molar-refractivity contribution in [2.45, 2.75) is 19.9 Å². The minimum atomic E-state index is 0.710. The fraction of sp³-hybridized carbons (Fsp3) is 0.192. The quantitative estimate of drug-likeness (QED) is 0.392. The maximum Gasteiger partial charge on any atom is 0.161 e. The standard InChI is InChI=1S/C26H26N2O2/c1-4-23-26(22-13-14-24(29-2)25(16-22)30-3)27-18-28(23)17-19-9-8-12-21(15-19)20-10-6-5-7-11-20/h5-16,18H,4,17H2,1-3H3. The van der Waals surface area contributed by atoms with Crippen LogP contribution in [0.3, 0.4) is 0 Å². The molecule has 0 saturated heterocycles. The van der Waals surface area contributed by atoms with E-state index in [2.05, 4.69) is 60.0 Å². The van der Waals surface area contributed by atoms with Gasteiger partial charge in [-0.05, 0) is 47.4 Å². The molecule has 0 bridgehead atoms. The summed E-state index contributed by atoms with van der Waals surface area (Å²) in [5.74, 6) is 1.43. The van der Waals surface area contributed by atoms with E-state index < -0.39 is 0 Å². The van der Waals surface area contributed by atoms with Crippen molar-refractivity contribution < 1.29 is 9.47 Å². The molecule has 0 atom stereocenters. The molecule has 0 unspecified atom stereocenters. The molecule has 0 saturated carbocycles. The van der Waals surface area contributed by atoms with E-state index in [9.17, 15) is 0 Å². The van der Waals surface area contributed by atoms with E-state index in [-0.39, 0.29) is 0 Å². The summed E-state index contributed by atoms with van der Waals surface area (Å²) >= 11 is 0. The van der Waals surface area contributed by atoms with Gasteiger partial charge in [0.2, 0.25) is 0 Å². The number of aromatic nitrogens is 2. The number of nitrogens with zero attached hydrogens (tertiary/aromatic N) is 2. The smallest absolute Gasteiger partial charge is 0.161 e. The fourth-order valence-corrected chi connectivity index (χ4v) is 3.82. The third-order valence-corrected chi connectivity index (χ3v) is 5.33. The second kappa shape index (κ2) is 8.87. The Kier molecular flexibility index (Phi) is 5.84. The van der Waals surface area contributed by atoms with Gasteiger partial charge in [-0.25, -0.2) is 4.98 Å². The van der Waals surface area contributed by atoms with Gasteiger partial charge in [-0.1, -0.05) is 55.5 Å². The number of methoxy groups -OCH3 is 2. The predicted octanol–water partition coefficient (Wildman–Crippen LogP) is 5.85. The van der Waals surface area contributed by atoms with Crippen molar-refractivity contribution in [3.63, 3.8) is 0 Å². The number of hydrogen-bond donors (Lipinski definition) is 0. The molecule has 4 aromatic rings. The Hall–Kier alpha value is -3.53. The molecule has 0 aliphatic heterocycles. The monoisotopic (exact) mass is 398 g/mol. The Labute approximate surface area is 177 Å². The van der Waals surface area contributed by atoms with Crippen molar-refractivity contribution in [3.05, 3.63) is 90.4 Å². The third kappa shape index (κ3) is 3.94. The molecule has 0 N–H and O–H groups in total. The zero-order valence-corrected chi connectivity index (χ0v) is 17.6. The molecular weight excluding hydrogens is 372 g/mol. The molecule has 0 spiro atoms. The van der Waals surface area contributed by atoms with Crippen molar-refractivity contribution in [1.82, 2.24) is 9.55 Å². The van der Waals surface area contributed by atoms with Crippen LogP contribution in [0.5, 0.6) is 11.5 Å². The molecule has 3 aromatic carbocycles. The average Bonchev–Trinajstić information content (AvgIpc) is 3.21. The molecule has 1 heterocycles. The van der Waals surface area contributed by atoms with Gasteiger partial charge in [0.15, 0.2) is 11.5 Å². The Bertz CT molecular complexity index is 1130. The van der Waals surface area contributed by atoms with Gasteiger partial charge in [0.1, 0.15) is 0 Å². The molecule has 152 valence electrons. The van der Waals surface area contributed by atoms with Crippen LogP contribution in [0.4, 0.5) is 0 Å². The summed E-state index contributed by atoms with van der Waals surface area (Å²) in [5.41, 5.74) is 6.92. The topological polar surface area (TPSA) is 36.3 Å². The molecular formula is C26H26N2O2. The van der Waals surface area contributed by atoms with E-state index in [0.717, 1.165) is 30.0 Å². The summed E-state index contributed by atoms with van der Waals surface area (Å²) in [6.07, 6.45) is 2.82. The molecule has 4 heteroatoms. The third-order valence-electron chi connectivity index (χ3n) is 5.33. The van der Waals surface area contributed by atoms with Gasteiger partial charge in [0.25, 0.3) is 0 Å². The van der Waals surface area contributed by atoms with E-state index in [1.165, 1.54) is 22.4 Å². The number of hydrogen-bond acceptors (Lipinski definition) is 3. The van der Waals surface area contributed by atoms with Crippen LogP contribution in [0.15, 0.2) is 79.1 Å². The summed E-state index contributed by atoms with van der Waals surface area (Å²) in [5, 5.41) is 0. The van der Waals surface area contributed by atoms with Gasteiger partial charge >= 0.3 is 0 Å². The van der Waals surface area contributed by atoms with Crippen molar-refractivity contribution in [3.8, 4) is 33.9 Å². The van der Waals surface area contributed by atoms with Crippen LogP contribution in [-0.4, -0.2) is 23.8 Å². The lowest BCUT2D eigenvalue weighted by Gasteiger charge is -2.12. The second-order valence-electron chi connectivity index (χ2n) is 7.16. The van der Waals surface area contributed by atoms with Gasteiger partial charge in [0.05, 0.1) is 26.2 Å². The average molecular weight is 399 g/mol. The summed E-state index contributed by atoms with van der Waals surface area (Å²) < 4.78 is 13.1. The number of benzene rings is 3. The van der Waals surface area contributed by atoms with Crippen molar-refractivity contribution in [2.24, 2.45) is 0 Å². The first-order valence-electron chi connectivity index (χ1n) is 10.1. The molecule has 0 radical (unpaired) electrons. The van der Waals surface area contributed by atoms with E-state index >= 15 is 0 Å². The van der Waals surface area contributed by atoms with Crippen LogP contribution in [0.1, 0.15) is 18.2 Å². The van der Waals surface area contributed by atoms with Crippen LogP contribution >= 0.6 is 0 Å². The van der Waals surface area contributed by atoms with Gasteiger partial charge in [-0.3, -0.25) is 0 Å². The number of imidazole rings is 1. The molecule has 4 rings (SSSR count). The van der Waals surface area contributed by atoms with Crippen molar-refractivity contribution in [1.29, 1.82) is 0 Å². The minimum Gasteiger partial charge on any atom is -0.493 e. The van der Waals surface area contributed by atoms with Crippen molar-refractivity contribution >= 4 is 0 Å². The maximum atomic E-state index is 5.47. The van der Waals surface area contributed by atoms with E-state index in [1.54, 1.807) is 14.2 Å². The summed E-state index contributed by atoms with van der Waals surface area (Å²) in [4.78, 5) is 4.73. The lowest BCUT2D eigenvalue weighted by molar-refractivity contribution is 0.355. The minimum absolute atomic E-state index is 0.710. The van der Waals surface area contributed by atoms with Crippen LogP contribution in [0.25, 0.3) is 22.4 Å². The van der Waals surface area contributed by atoms with E-state index in [1.807, 2.05) is 30.6 Å². The highest BCUT2D eigenvalue weighted by atomic mass is 16.5. The highest BCUT2D eigenvalue weighted by Crippen LogP contribution is 2.33. The molecule has 4 nitrogen and oxygen atoms in total. The Morgan fingerprint density at radius 2 is 1.53 bits per heavy atom. The largest absolute Gasteiger partial charge is 0.493 e. The summed E-state index contributed by atoms with van der Waals surface area (Å²) in [7, 11) is 3.30. The lowest BCUT2D eigenvalue weighted by Crippen LogP contribution is -2.03. The SMILES string of the molecule is CCc1c(-c2ccc(OC)c(OC)c2)ncn1Cc1cccc(-c2ccccc2)c1. The number of ether oxygens (including phenoxy) is 2. The molecule has 30 heavy (non-hydrogen) atoms. The first-order valence-corrected chi connectivity index (χ1v) is 10.1. The fourth-order valence-electron chi connectivity index (χ4n) is 3.82. The van der Waals surface area contributed by atoms with Gasteiger partial charge in [0, 0.05) is 17.8 Å². The zero-order chi connectivity index (χ0) is 20.9. The Balaban J connectivity index is 1.65. The zero-order valence-electron chi connectivity index (χ0n) is 17.6.